The highest BCUT2D eigenvalue weighted by molar-refractivity contribution is 5.84. The van der Waals surface area contributed by atoms with Gasteiger partial charge in [0.2, 0.25) is 0 Å². The monoisotopic (exact) mass is 289 g/mol. The molecule has 0 aromatic heterocycles. The average molecular weight is 289 g/mol. The first-order chi connectivity index (χ1) is 10.2. The molecule has 0 aliphatic carbocycles. The van der Waals surface area contributed by atoms with Gasteiger partial charge in [0.15, 0.2) is 6.04 Å². The number of benzene rings is 1. The molecule has 1 rings (SSSR count). The SMILES string of the molecule is COC(=O)C/C=C/C[C@@H](N=Cc1ccccc1)C(=O)OC. The first-order valence-electron chi connectivity index (χ1n) is 6.55. The minimum Gasteiger partial charge on any atom is -0.469 e. The molecule has 0 N–H and O–H groups in total. The predicted octanol–water partition coefficient (Wildman–Crippen LogP) is 2.16. The van der Waals surface area contributed by atoms with Crippen LogP contribution in [0.25, 0.3) is 0 Å². The Labute approximate surface area is 124 Å². The number of hydrogen-bond donors (Lipinski definition) is 0. The molecular weight excluding hydrogens is 270 g/mol. The zero-order valence-corrected chi connectivity index (χ0v) is 12.2. The molecule has 1 aromatic carbocycles. The van der Waals surface area contributed by atoms with Crippen LogP contribution in [0, 0.1) is 0 Å². The quantitative estimate of drug-likeness (QED) is 0.438. The summed E-state index contributed by atoms with van der Waals surface area (Å²) < 4.78 is 9.24. The van der Waals surface area contributed by atoms with Crippen LogP contribution >= 0.6 is 0 Å². The van der Waals surface area contributed by atoms with Crippen molar-refractivity contribution < 1.29 is 19.1 Å². The molecule has 1 aromatic rings. The third-order valence-electron chi connectivity index (χ3n) is 2.71. The van der Waals surface area contributed by atoms with E-state index in [1.54, 1.807) is 18.4 Å². The fourth-order valence-corrected chi connectivity index (χ4v) is 1.56. The Morgan fingerprint density at radius 3 is 2.48 bits per heavy atom. The summed E-state index contributed by atoms with van der Waals surface area (Å²) in [5, 5.41) is 0. The molecule has 5 nitrogen and oxygen atoms in total. The van der Waals surface area contributed by atoms with Crippen LogP contribution in [0.4, 0.5) is 0 Å². The number of nitrogens with zero attached hydrogens (tertiary/aromatic N) is 1. The maximum absolute atomic E-state index is 11.7. The molecule has 0 amide bonds. The zero-order valence-electron chi connectivity index (χ0n) is 12.2. The van der Waals surface area contributed by atoms with Gasteiger partial charge in [0, 0.05) is 6.21 Å². The van der Waals surface area contributed by atoms with Crippen LogP contribution in [0.3, 0.4) is 0 Å². The van der Waals surface area contributed by atoms with Crippen LogP contribution in [-0.4, -0.2) is 38.4 Å². The topological polar surface area (TPSA) is 65.0 Å². The second-order valence-corrected chi connectivity index (χ2v) is 4.22. The number of esters is 2. The normalized spacial score (nSPS) is 12.5. The number of aliphatic imine (C=N–C) groups is 1. The van der Waals surface area contributed by atoms with E-state index in [2.05, 4.69) is 9.73 Å². The van der Waals surface area contributed by atoms with E-state index in [1.165, 1.54) is 14.2 Å². The number of ether oxygens (including phenoxy) is 2. The molecule has 0 bridgehead atoms. The maximum atomic E-state index is 11.7. The van der Waals surface area contributed by atoms with Crippen molar-refractivity contribution in [1.82, 2.24) is 0 Å². The predicted molar refractivity (Wildman–Crippen MR) is 80.2 cm³/mol. The molecule has 0 aliphatic rings. The van der Waals surface area contributed by atoms with Crippen LogP contribution in [0.2, 0.25) is 0 Å². The molecule has 0 spiro atoms. The lowest BCUT2D eigenvalue weighted by atomic mass is 10.2. The lowest BCUT2D eigenvalue weighted by Crippen LogP contribution is -2.19. The van der Waals surface area contributed by atoms with Crippen molar-refractivity contribution in [1.29, 1.82) is 0 Å². The van der Waals surface area contributed by atoms with E-state index in [0.717, 1.165) is 5.56 Å². The van der Waals surface area contributed by atoms with E-state index in [1.807, 2.05) is 30.3 Å². The fraction of sp³-hybridized carbons (Fsp3) is 0.312. The Hall–Kier alpha value is -2.43. The Morgan fingerprint density at radius 2 is 1.86 bits per heavy atom. The summed E-state index contributed by atoms with van der Waals surface area (Å²) in [5.41, 5.74) is 0.907. The van der Waals surface area contributed by atoms with E-state index in [-0.39, 0.29) is 12.4 Å². The van der Waals surface area contributed by atoms with Gasteiger partial charge in [-0.1, -0.05) is 42.5 Å². The maximum Gasteiger partial charge on any atom is 0.330 e. The van der Waals surface area contributed by atoms with Gasteiger partial charge in [0.25, 0.3) is 0 Å². The molecule has 0 radical (unpaired) electrons. The third kappa shape index (κ3) is 6.51. The summed E-state index contributed by atoms with van der Waals surface area (Å²) in [6.07, 6.45) is 5.55. The van der Waals surface area contributed by atoms with Crippen molar-refractivity contribution in [3.05, 3.63) is 48.0 Å². The molecule has 0 aliphatic heterocycles. The number of hydrogen-bond acceptors (Lipinski definition) is 5. The van der Waals surface area contributed by atoms with Crippen molar-refractivity contribution in [2.75, 3.05) is 14.2 Å². The summed E-state index contributed by atoms with van der Waals surface area (Å²) in [4.78, 5) is 26.9. The number of carbonyl (C=O) groups excluding carboxylic acids is 2. The summed E-state index contributed by atoms with van der Waals surface area (Å²) in [7, 11) is 2.66. The molecule has 0 fully saturated rings. The summed E-state index contributed by atoms with van der Waals surface area (Å²) in [6.45, 7) is 0. The van der Waals surface area contributed by atoms with Crippen LogP contribution < -0.4 is 0 Å². The molecule has 0 saturated carbocycles. The second-order valence-electron chi connectivity index (χ2n) is 4.22. The molecule has 5 heteroatoms. The van der Waals surface area contributed by atoms with Gasteiger partial charge in [0.1, 0.15) is 0 Å². The molecule has 0 unspecified atom stereocenters. The summed E-state index contributed by atoms with van der Waals surface area (Å²) in [6, 6.07) is 8.86. The Balaban J connectivity index is 2.62. The van der Waals surface area contributed by atoms with E-state index in [0.29, 0.717) is 6.42 Å². The van der Waals surface area contributed by atoms with Crippen molar-refractivity contribution in [3.8, 4) is 0 Å². The van der Waals surface area contributed by atoms with Crippen LogP contribution in [0.15, 0.2) is 47.5 Å². The number of carbonyl (C=O) groups is 2. The van der Waals surface area contributed by atoms with Gasteiger partial charge in [-0.25, -0.2) is 4.79 Å². The third-order valence-corrected chi connectivity index (χ3v) is 2.71. The number of methoxy groups -OCH3 is 2. The van der Waals surface area contributed by atoms with E-state index < -0.39 is 12.0 Å². The lowest BCUT2D eigenvalue weighted by molar-refractivity contribution is -0.142. The van der Waals surface area contributed by atoms with Crippen molar-refractivity contribution in [3.63, 3.8) is 0 Å². The van der Waals surface area contributed by atoms with Crippen molar-refractivity contribution >= 4 is 18.2 Å². The highest BCUT2D eigenvalue weighted by Gasteiger charge is 2.15. The minimum absolute atomic E-state index is 0.173. The smallest absolute Gasteiger partial charge is 0.330 e. The van der Waals surface area contributed by atoms with Crippen molar-refractivity contribution in [2.45, 2.75) is 18.9 Å². The standard InChI is InChI=1S/C16H19NO4/c1-20-15(18)11-7-6-10-14(16(19)21-2)17-12-13-8-4-3-5-9-13/h3-9,12,14H,10-11H2,1-2H3/b7-6+,17-12?/t14-/m1/s1. The lowest BCUT2D eigenvalue weighted by Gasteiger charge is -2.07. The molecule has 0 saturated heterocycles. The first kappa shape index (κ1) is 16.6. The zero-order chi connectivity index (χ0) is 15.5. The first-order valence-corrected chi connectivity index (χ1v) is 6.55. The fourth-order valence-electron chi connectivity index (χ4n) is 1.56. The number of rotatable bonds is 7. The van der Waals surface area contributed by atoms with Gasteiger partial charge in [0.05, 0.1) is 20.6 Å². The van der Waals surface area contributed by atoms with Crippen LogP contribution in [0.1, 0.15) is 18.4 Å². The van der Waals surface area contributed by atoms with Gasteiger partial charge in [-0.15, -0.1) is 0 Å². The minimum atomic E-state index is -0.621. The molecular formula is C16H19NO4. The highest BCUT2D eigenvalue weighted by Crippen LogP contribution is 2.04. The van der Waals surface area contributed by atoms with Gasteiger partial charge < -0.3 is 9.47 Å². The summed E-state index contributed by atoms with van der Waals surface area (Å²) >= 11 is 0. The Kier molecular flexibility index (Phi) is 7.50. The largest absolute Gasteiger partial charge is 0.469 e. The average Bonchev–Trinajstić information content (AvgIpc) is 2.54. The van der Waals surface area contributed by atoms with Crippen molar-refractivity contribution in [2.24, 2.45) is 4.99 Å². The van der Waals surface area contributed by atoms with E-state index in [4.69, 9.17) is 4.74 Å². The van der Waals surface area contributed by atoms with Gasteiger partial charge in [-0.3, -0.25) is 9.79 Å². The Bertz CT molecular complexity index is 508. The molecule has 21 heavy (non-hydrogen) atoms. The van der Waals surface area contributed by atoms with Crippen LogP contribution in [-0.2, 0) is 19.1 Å². The second kappa shape index (κ2) is 9.47. The molecule has 1 atom stereocenters. The Morgan fingerprint density at radius 1 is 1.14 bits per heavy atom. The van der Waals surface area contributed by atoms with Crippen LogP contribution in [0.5, 0.6) is 0 Å². The van der Waals surface area contributed by atoms with Gasteiger partial charge >= 0.3 is 11.9 Å². The van der Waals surface area contributed by atoms with E-state index >= 15 is 0 Å². The summed E-state index contributed by atoms with van der Waals surface area (Å²) in [5.74, 6) is -0.737. The van der Waals surface area contributed by atoms with Gasteiger partial charge in [-0.05, 0) is 12.0 Å². The van der Waals surface area contributed by atoms with E-state index in [9.17, 15) is 9.59 Å². The molecule has 112 valence electrons. The molecule has 0 heterocycles. The van der Waals surface area contributed by atoms with Gasteiger partial charge in [-0.2, -0.15) is 0 Å². The highest BCUT2D eigenvalue weighted by atomic mass is 16.5.